The molecule has 0 saturated carbocycles. The lowest BCUT2D eigenvalue weighted by molar-refractivity contribution is 0.0974. The lowest BCUT2D eigenvalue weighted by Gasteiger charge is -1.95. The van der Waals surface area contributed by atoms with E-state index in [4.69, 9.17) is 0 Å². The first kappa shape index (κ1) is 9.15. The molecule has 4 heteroatoms. The van der Waals surface area contributed by atoms with Crippen molar-refractivity contribution in [3.63, 3.8) is 0 Å². The van der Waals surface area contributed by atoms with Crippen molar-refractivity contribution in [2.75, 3.05) is 0 Å². The largest absolute Gasteiger partial charge is 0.342 e. The molecule has 14 heavy (non-hydrogen) atoms. The van der Waals surface area contributed by atoms with Gasteiger partial charge in [0.1, 0.15) is 0 Å². The third kappa shape index (κ3) is 2.09. The number of carbonyl (C=O) groups is 1. The van der Waals surface area contributed by atoms with Crippen molar-refractivity contribution in [1.82, 2.24) is 9.97 Å². The van der Waals surface area contributed by atoms with Crippen LogP contribution in [-0.4, -0.2) is 15.8 Å². The van der Waals surface area contributed by atoms with Gasteiger partial charge in [0.15, 0.2) is 11.6 Å². The molecular weight excluding hydrogens is 196 g/mol. The highest BCUT2D eigenvalue weighted by molar-refractivity contribution is 7.07. The Hall–Kier alpha value is -1.42. The summed E-state index contributed by atoms with van der Waals surface area (Å²) >= 11 is 1.65. The Balaban J connectivity index is 1.90. The van der Waals surface area contributed by atoms with Crippen LogP contribution >= 0.6 is 11.3 Å². The highest BCUT2D eigenvalue weighted by Gasteiger charge is 2.07. The predicted molar refractivity (Wildman–Crippen MR) is 55.6 cm³/mol. The Bertz CT molecular complexity index is 392. The van der Waals surface area contributed by atoms with Crippen LogP contribution in [0.2, 0.25) is 0 Å². The zero-order valence-corrected chi connectivity index (χ0v) is 8.38. The molecule has 2 aromatic heterocycles. The van der Waals surface area contributed by atoms with Crippen molar-refractivity contribution in [3.8, 4) is 0 Å². The van der Waals surface area contributed by atoms with Crippen molar-refractivity contribution < 1.29 is 4.79 Å². The molecule has 0 spiro atoms. The minimum absolute atomic E-state index is 0.0706. The summed E-state index contributed by atoms with van der Waals surface area (Å²) in [6, 6.07) is 2.04. The third-order valence-corrected chi connectivity index (χ3v) is 2.72. The van der Waals surface area contributed by atoms with E-state index in [0.717, 1.165) is 6.42 Å². The maximum atomic E-state index is 11.5. The molecular formula is C10H10N2OS. The number of aryl methyl sites for hydroxylation is 1. The van der Waals surface area contributed by atoms with E-state index in [2.05, 4.69) is 15.3 Å². The molecule has 0 radical (unpaired) electrons. The highest BCUT2D eigenvalue weighted by atomic mass is 32.1. The molecule has 0 unspecified atom stereocenters. The molecule has 3 nitrogen and oxygen atoms in total. The number of nitrogens with one attached hydrogen (secondary N) is 1. The number of rotatable bonds is 4. The fourth-order valence-corrected chi connectivity index (χ4v) is 1.93. The number of Topliss-reactive ketones (excluding diaryl/α,β-unsaturated/α-hetero) is 1. The summed E-state index contributed by atoms with van der Waals surface area (Å²) < 4.78 is 0. The van der Waals surface area contributed by atoms with Crippen LogP contribution in [0.4, 0.5) is 0 Å². The summed E-state index contributed by atoms with van der Waals surface area (Å²) in [6.45, 7) is 0. The monoisotopic (exact) mass is 206 g/mol. The molecule has 2 aromatic rings. The first-order valence-electron chi connectivity index (χ1n) is 4.40. The molecule has 0 bridgehead atoms. The van der Waals surface area contributed by atoms with Crippen LogP contribution in [0.1, 0.15) is 22.6 Å². The lowest BCUT2D eigenvalue weighted by atomic mass is 10.1. The number of hydrogen-bond acceptors (Lipinski definition) is 3. The molecule has 0 aliphatic carbocycles. The van der Waals surface area contributed by atoms with Crippen LogP contribution in [0.5, 0.6) is 0 Å². The summed E-state index contributed by atoms with van der Waals surface area (Å²) in [5, 5.41) is 4.09. The number of H-pyrrole nitrogens is 1. The van der Waals surface area contributed by atoms with Crippen LogP contribution in [-0.2, 0) is 6.42 Å². The smallest absolute Gasteiger partial charge is 0.198 e. The van der Waals surface area contributed by atoms with Gasteiger partial charge in [-0.1, -0.05) is 0 Å². The quantitative estimate of drug-likeness (QED) is 0.780. The summed E-state index contributed by atoms with van der Waals surface area (Å²) in [7, 11) is 0. The van der Waals surface area contributed by atoms with Crippen LogP contribution in [0.15, 0.2) is 29.2 Å². The molecule has 72 valence electrons. The second-order valence-corrected chi connectivity index (χ2v) is 3.77. The molecule has 0 fully saturated rings. The average molecular weight is 206 g/mol. The van der Waals surface area contributed by atoms with Crippen LogP contribution in [0, 0.1) is 0 Å². The van der Waals surface area contributed by atoms with E-state index < -0.39 is 0 Å². The molecule has 1 N–H and O–H groups in total. The van der Waals surface area contributed by atoms with E-state index in [1.807, 2.05) is 11.4 Å². The molecule has 0 amide bonds. The minimum Gasteiger partial charge on any atom is -0.342 e. The maximum absolute atomic E-state index is 11.5. The average Bonchev–Trinajstić information content (AvgIpc) is 2.87. The van der Waals surface area contributed by atoms with Gasteiger partial charge in [-0.05, 0) is 28.8 Å². The number of hydrogen-bond donors (Lipinski definition) is 1. The van der Waals surface area contributed by atoms with Crippen LogP contribution in [0.3, 0.4) is 0 Å². The second-order valence-electron chi connectivity index (χ2n) is 2.99. The number of aromatic nitrogens is 2. The van der Waals surface area contributed by atoms with E-state index in [9.17, 15) is 4.79 Å². The lowest BCUT2D eigenvalue weighted by Crippen LogP contribution is -2.02. The zero-order valence-electron chi connectivity index (χ0n) is 7.56. The van der Waals surface area contributed by atoms with Crippen LogP contribution < -0.4 is 0 Å². The van der Waals surface area contributed by atoms with Crippen molar-refractivity contribution in [1.29, 1.82) is 0 Å². The van der Waals surface area contributed by atoms with Gasteiger partial charge in [0.25, 0.3) is 0 Å². The van der Waals surface area contributed by atoms with Gasteiger partial charge in [-0.25, -0.2) is 4.98 Å². The van der Waals surface area contributed by atoms with Gasteiger partial charge in [-0.3, -0.25) is 4.79 Å². The van der Waals surface area contributed by atoms with Gasteiger partial charge in [0.2, 0.25) is 0 Å². The predicted octanol–water partition coefficient (Wildman–Crippen LogP) is 2.29. The normalized spacial score (nSPS) is 10.3. The van der Waals surface area contributed by atoms with Crippen LogP contribution in [0.25, 0.3) is 0 Å². The van der Waals surface area contributed by atoms with Gasteiger partial charge in [0, 0.05) is 18.8 Å². The number of aromatic amines is 1. The standard InChI is InChI=1S/C10H10N2OS/c13-9(10-11-4-5-12-10)2-1-8-3-6-14-7-8/h3-7H,1-2H2,(H,11,12). The molecule has 2 heterocycles. The fraction of sp³-hybridized carbons (Fsp3) is 0.200. The van der Waals surface area contributed by atoms with Gasteiger partial charge in [-0.2, -0.15) is 11.3 Å². The number of nitrogens with zero attached hydrogens (tertiary/aromatic N) is 1. The Morgan fingerprint density at radius 1 is 1.57 bits per heavy atom. The van der Waals surface area contributed by atoms with E-state index in [1.54, 1.807) is 23.7 Å². The maximum Gasteiger partial charge on any atom is 0.198 e. The fourth-order valence-electron chi connectivity index (χ4n) is 1.23. The van der Waals surface area contributed by atoms with E-state index in [1.165, 1.54) is 5.56 Å². The summed E-state index contributed by atoms with van der Waals surface area (Å²) in [6.07, 6.45) is 4.57. The second kappa shape index (κ2) is 4.19. The van der Waals surface area contributed by atoms with Gasteiger partial charge < -0.3 is 4.98 Å². The van der Waals surface area contributed by atoms with Gasteiger partial charge in [-0.15, -0.1) is 0 Å². The number of imidazole rings is 1. The van der Waals surface area contributed by atoms with Crippen molar-refractivity contribution in [2.45, 2.75) is 12.8 Å². The molecule has 0 aliphatic heterocycles. The van der Waals surface area contributed by atoms with Crippen molar-refractivity contribution in [2.24, 2.45) is 0 Å². The first-order chi connectivity index (χ1) is 6.86. The number of thiophene rings is 1. The molecule has 0 atom stereocenters. The van der Waals surface area contributed by atoms with Gasteiger partial charge >= 0.3 is 0 Å². The van der Waals surface area contributed by atoms with Crippen molar-refractivity contribution >= 4 is 17.1 Å². The molecule has 0 saturated heterocycles. The Morgan fingerprint density at radius 2 is 2.50 bits per heavy atom. The summed E-state index contributed by atoms with van der Waals surface area (Å²) in [5.41, 5.74) is 1.22. The van der Waals surface area contributed by atoms with Gasteiger partial charge in [0.05, 0.1) is 0 Å². The number of ketones is 1. The third-order valence-electron chi connectivity index (χ3n) is 1.98. The minimum atomic E-state index is 0.0706. The summed E-state index contributed by atoms with van der Waals surface area (Å²) in [5.74, 6) is 0.529. The highest BCUT2D eigenvalue weighted by Crippen LogP contribution is 2.09. The summed E-state index contributed by atoms with van der Waals surface area (Å²) in [4.78, 5) is 18.2. The van der Waals surface area contributed by atoms with E-state index >= 15 is 0 Å². The van der Waals surface area contributed by atoms with E-state index in [0.29, 0.717) is 12.2 Å². The Morgan fingerprint density at radius 3 is 3.14 bits per heavy atom. The molecule has 2 rings (SSSR count). The SMILES string of the molecule is O=C(CCc1ccsc1)c1ncc[nH]1. The topological polar surface area (TPSA) is 45.8 Å². The van der Waals surface area contributed by atoms with Crippen molar-refractivity contribution in [3.05, 3.63) is 40.6 Å². The number of carbonyl (C=O) groups excluding carboxylic acids is 1. The Kier molecular flexibility index (Phi) is 2.74. The molecule has 0 aromatic carbocycles. The Labute approximate surface area is 85.8 Å². The zero-order chi connectivity index (χ0) is 9.80. The molecule has 0 aliphatic rings. The first-order valence-corrected chi connectivity index (χ1v) is 5.34. The van der Waals surface area contributed by atoms with E-state index in [-0.39, 0.29) is 5.78 Å².